The van der Waals surface area contributed by atoms with Crippen LogP contribution in [0.3, 0.4) is 0 Å². The lowest BCUT2D eigenvalue weighted by Crippen LogP contribution is -2.54. The molecule has 0 aliphatic carbocycles. The number of carbonyl (C=O) groups is 3. The predicted molar refractivity (Wildman–Crippen MR) is 87.6 cm³/mol. The van der Waals surface area contributed by atoms with E-state index in [9.17, 15) is 14.4 Å². The van der Waals surface area contributed by atoms with Crippen molar-refractivity contribution in [2.45, 2.75) is 47.1 Å². The fourth-order valence-corrected chi connectivity index (χ4v) is 3.26. The predicted octanol–water partition coefficient (Wildman–Crippen LogP) is 0.960. The highest BCUT2D eigenvalue weighted by molar-refractivity contribution is 5.89. The van der Waals surface area contributed by atoms with E-state index in [-0.39, 0.29) is 35.1 Å². The van der Waals surface area contributed by atoms with E-state index in [0.29, 0.717) is 39.1 Å². The summed E-state index contributed by atoms with van der Waals surface area (Å²) in [7, 11) is 0. The van der Waals surface area contributed by atoms with Gasteiger partial charge in [0.15, 0.2) is 0 Å². The Hall–Kier alpha value is -1.59. The first-order valence-corrected chi connectivity index (χ1v) is 8.49. The van der Waals surface area contributed by atoms with E-state index in [1.807, 2.05) is 44.4 Å². The molecule has 2 fully saturated rings. The summed E-state index contributed by atoms with van der Waals surface area (Å²) in [6.45, 7) is 12.5. The van der Waals surface area contributed by atoms with Crippen molar-refractivity contribution in [3.63, 3.8) is 0 Å². The molecule has 3 amide bonds. The number of amides is 3. The lowest BCUT2D eigenvalue weighted by atomic mass is 9.94. The van der Waals surface area contributed by atoms with Crippen molar-refractivity contribution in [2.24, 2.45) is 11.3 Å². The van der Waals surface area contributed by atoms with Gasteiger partial charge in [0.05, 0.1) is 5.92 Å². The molecule has 0 radical (unpaired) electrons. The second-order valence-corrected chi connectivity index (χ2v) is 7.91. The van der Waals surface area contributed by atoms with Crippen LogP contribution in [0.25, 0.3) is 0 Å². The molecule has 2 rings (SSSR count). The van der Waals surface area contributed by atoms with E-state index in [1.54, 1.807) is 4.90 Å². The fraction of sp³-hybridized carbons (Fsp3) is 0.824. The van der Waals surface area contributed by atoms with Crippen LogP contribution in [0.5, 0.6) is 0 Å². The topological polar surface area (TPSA) is 60.9 Å². The summed E-state index contributed by atoms with van der Waals surface area (Å²) in [5.74, 6) is 0.0330. The van der Waals surface area contributed by atoms with E-state index in [0.717, 1.165) is 0 Å². The summed E-state index contributed by atoms with van der Waals surface area (Å²) in [5, 5.41) is 0. The maximum absolute atomic E-state index is 12.6. The molecule has 2 saturated heterocycles. The van der Waals surface area contributed by atoms with Crippen LogP contribution < -0.4 is 0 Å². The second-order valence-electron chi connectivity index (χ2n) is 7.91. The SMILES string of the molecule is CC(C)N1CC(C(=O)N2CCN(C(=O)C(C)(C)C)CC2)CC1=O. The third kappa shape index (κ3) is 3.85. The van der Waals surface area contributed by atoms with Gasteiger partial charge in [-0.3, -0.25) is 14.4 Å². The van der Waals surface area contributed by atoms with Gasteiger partial charge in [-0.1, -0.05) is 20.8 Å². The zero-order valence-electron chi connectivity index (χ0n) is 15.0. The van der Waals surface area contributed by atoms with Gasteiger partial charge in [0, 0.05) is 50.6 Å². The molecule has 2 aliphatic rings. The van der Waals surface area contributed by atoms with E-state index >= 15 is 0 Å². The van der Waals surface area contributed by atoms with Crippen LogP contribution in [-0.2, 0) is 14.4 Å². The number of nitrogens with zero attached hydrogens (tertiary/aromatic N) is 3. The minimum Gasteiger partial charge on any atom is -0.339 e. The lowest BCUT2D eigenvalue weighted by molar-refractivity contribution is -0.146. The van der Waals surface area contributed by atoms with Crippen molar-refractivity contribution in [2.75, 3.05) is 32.7 Å². The molecule has 0 aromatic carbocycles. The number of likely N-dealkylation sites (tertiary alicyclic amines) is 1. The maximum atomic E-state index is 12.6. The summed E-state index contributed by atoms with van der Waals surface area (Å²) in [5.41, 5.74) is -0.387. The Kier molecular flexibility index (Phi) is 5.01. The molecule has 0 aromatic heterocycles. The van der Waals surface area contributed by atoms with Crippen LogP contribution in [0.2, 0.25) is 0 Å². The van der Waals surface area contributed by atoms with Crippen molar-refractivity contribution >= 4 is 17.7 Å². The van der Waals surface area contributed by atoms with Gasteiger partial charge in [0.1, 0.15) is 0 Å². The molecule has 0 aromatic rings. The first kappa shape index (κ1) is 17.8. The summed E-state index contributed by atoms with van der Waals surface area (Å²) < 4.78 is 0. The van der Waals surface area contributed by atoms with Crippen molar-refractivity contribution in [1.29, 1.82) is 0 Å². The number of rotatable bonds is 2. The summed E-state index contributed by atoms with van der Waals surface area (Å²) in [4.78, 5) is 42.3. The molecule has 0 bridgehead atoms. The van der Waals surface area contributed by atoms with Crippen LogP contribution in [0.4, 0.5) is 0 Å². The minimum atomic E-state index is -0.387. The van der Waals surface area contributed by atoms with Gasteiger partial charge in [-0.05, 0) is 13.8 Å². The highest BCUT2D eigenvalue weighted by atomic mass is 16.2. The Bertz CT molecular complexity index is 488. The van der Waals surface area contributed by atoms with Crippen molar-refractivity contribution in [3.05, 3.63) is 0 Å². The third-order valence-corrected chi connectivity index (χ3v) is 4.65. The smallest absolute Gasteiger partial charge is 0.228 e. The van der Waals surface area contributed by atoms with Crippen molar-refractivity contribution < 1.29 is 14.4 Å². The first-order chi connectivity index (χ1) is 10.6. The van der Waals surface area contributed by atoms with Crippen LogP contribution >= 0.6 is 0 Å². The van der Waals surface area contributed by atoms with Crippen molar-refractivity contribution in [1.82, 2.24) is 14.7 Å². The third-order valence-electron chi connectivity index (χ3n) is 4.65. The fourth-order valence-electron chi connectivity index (χ4n) is 3.26. The summed E-state index contributed by atoms with van der Waals surface area (Å²) >= 11 is 0. The molecule has 130 valence electrons. The van der Waals surface area contributed by atoms with Crippen LogP contribution in [-0.4, -0.2) is 71.2 Å². The van der Waals surface area contributed by atoms with E-state index in [1.165, 1.54) is 0 Å². The highest BCUT2D eigenvalue weighted by Gasteiger charge is 2.39. The Labute approximate surface area is 138 Å². The van der Waals surface area contributed by atoms with Crippen LogP contribution in [0.15, 0.2) is 0 Å². The second kappa shape index (κ2) is 6.49. The van der Waals surface area contributed by atoms with Gasteiger partial charge in [0.25, 0.3) is 0 Å². The van der Waals surface area contributed by atoms with Gasteiger partial charge in [0.2, 0.25) is 17.7 Å². The van der Waals surface area contributed by atoms with Gasteiger partial charge < -0.3 is 14.7 Å². The molecule has 6 nitrogen and oxygen atoms in total. The maximum Gasteiger partial charge on any atom is 0.228 e. The minimum absolute atomic E-state index is 0.0596. The average Bonchev–Trinajstić information content (AvgIpc) is 2.87. The standard InChI is InChI=1S/C17H29N3O3/c1-12(2)20-11-13(10-14(20)21)15(22)18-6-8-19(9-7-18)16(23)17(3,4)5/h12-13H,6-11H2,1-5H3. The molecule has 23 heavy (non-hydrogen) atoms. The number of hydrogen-bond donors (Lipinski definition) is 0. The molecule has 0 saturated carbocycles. The van der Waals surface area contributed by atoms with Gasteiger partial charge in [-0.2, -0.15) is 0 Å². The summed E-state index contributed by atoms with van der Waals surface area (Å²) in [6, 6.07) is 0.140. The molecular weight excluding hydrogens is 294 g/mol. The molecule has 2 heterocycles. The van der Waals surface area contributed by atoms with Gasteiger partial charge in [-0.25, -0.2) is 0 Å². The Morgan fingerprint density at radius 3 is 2.00 bits per heavy atom. The first-order valence-electron chi connectivity index (χ1n) is 8.49. The number of piperazine rings is 1. The lowest BCUT2D eigenvalue weighted by Gasteiger charge is -2.38. The van der Waals surface area contributed by atoms with Crippen LogP contribution in [0.1, 0.15) is 41.0 Å². The quantitative estimate of drug-likeness (QED) is 0.760. The molecule has 1 unspecified atom stereocenters. The Balaban J connectivity index is 1.90. The molecule has 6 heteroatoms. The molecule has 0 N–H and O–H groups in total. The van der Waals surface area contributed by atoms with Crippen LogP contribution in [0, 0.1) is 11.3 Å². The monoisotopic (exact) mass is 323 g/mol. The summed E-state index contributed by atoms with van der Waals surface area (Å²) in [6.07, 6.45) is 0.318. The van der Waals surface area contributed by atoms with Crippen molar-refractivity contribution in [3.8, 4) is 0 Å². The molecule has 1 atom stereocenters. The molecular formula is C17H29N3O3. The highest BCUT2D eigenvalue weighted by Crippen LogP contribution is 2.24. The zero-order valence-corrected chi connectivity index (χ0v) is 15.0. The van der Waals surface area contributed by atoms with Gasteiger partial charge in [-0.15, -0.1) is 0 Å². The average molecular weight is 323 g/mol. The van der Waals surface area contributed by atoms with E-state index in [4.69, 9.17) is 0 Å². The molecule has 0 spiro atoms. The normalized spacial score (nSPS) is 23.0. The molecule has 2 aliphatic heterocycles. The van der Waals surface area contributed by atoms with E-state index in [2.05, 4.69) is 0 Å². The Morgan fingerprint density at radius 2 is 1.57 bits per heavy atom. The number of carbonyl (C=O) groups excluding carboxylic acids is 3. The van der Waals surface area contributed by atoms with Gasteiger partial charge >= 0.3 is 0 Å². The largest absolute Gasteiger partial charge is 0.339 e. The Morgan fingerprint density at radius 1 is 1.04 bits per heavy atom. The number of hydrogen-bond acceptors (Lipinski definition) is 3. The zero-order chi connectivity index (χ0) is 17.4. The van der Waals surface area contributed by atoms with E-state index < -0.39 is 0 Å².